The summed E-state index contributed by atoms with van der Waals surface area (Å²) in [6.45, 7) is 1.21. The summed E-state index contributed by atoms with van der Waals surface area (Å²) < 4.78 is 37.1. The number of anilines is 1. The van der Waals surface area contributed by atoms with Crippen molar-refractivity contribution in [1.29, 1.82) is 0 Å². The van der Waals surface area contributed by atoms with Crippen LogP contribution in [0.4, 0.5) is 18.9 Å². The standard InChI is InChI=1S/C16H21F3N6S/c17-16(18,19)13(20)3-4-14(21)25-8-5-11(6-9-25)23-15(26)24-12-2-1-7-22-10-12/h1-4,7,10-11H,5-6,8-9,20-21H2,(H2,23,24,26)/b13-3-,14-4+. The Morgan fingerprint density at radius 1 is 1.27 bits per heavy atom. The van der Waals surface area contributed by atoms with E-state index in [0.29, 0.717) is 18.2 Å². The zero-order chi connectivity index (χ0) is 19.2. The van der Waals surface area contributed by atoms with E-state index in [9.17, 15) is 13.2 Å². The van der Waals surface area contributed by atoms with Crippen LogP contribution >= 0.6 is 12.2 Å². The SMILES string of the molecule is N/C(=C\C=C(/N)N1CCC(NC(=S)Nc2cccnc2)CC1)C(F)(F)F. The average molecular weight is 386 g/mol. The molecule has 2 heterocycles. The van der Waals surface area contributed by atoms with Crippen LogP contribution in [0.5, 0.6) is 0 Å². The van der Waals surface area contributed by atoms with E-state index < -0.39 is 11.9 Å². The summed E-state index contributed by atoms with van der Waals surface area (Å²) in [6, 6.07) is 3.82. The highest BCUT2D eigenvalue weighted by Gasteiger charge is 2.30. The first-order valence-corrected chi connectivity index (χ1v) is 8.39. The molecule has 6 N–H and O–H groups in total. The van der Waals surface area contributed by atoms with Gasteiger partial charge in [-0.25, -0.2) is 0 Å². The van der Waals surface area contributed by atoms with Gasteiger partial charge in [0.15, 0.2) is 5.11 Å². The highest BCUT2D eigenvalue weighted by molar-refractivity contribution is 7.80. The molecule has 26 heavy (non-hydrogen) atoms. The third kappa shape index (κ3) is 6.10. The van der Waals surface area contributed by atoms with Gasteiger partial charge in [0.2, 0.25) is 0 Å². The Kier molecular flexibility index (Phi) is 6.67. The second-order valence-electron chi connectivity index (χ2n) is 5.81. The number of hydrogen-bond acceptors (Lipinski definition) is 5. The number of rotatable bonds is 4. The third-order valence-corrected chi connectivity index (χ3v) is 4.10. The van der Waals surface area contributed by atoms with Crippen molar-refractivity contribution in [2.45, 2.75) is 25.1 Å². The first kappa shape index (κ1) is 19.8. The minimum atomic E-state index is -4.55. The molecule has 0 aromatic carbocycles. The summed E-state index contributed by atoms with van der Waals surface area (Å²) in [7, 11) is 0. The van der Waals surface area contributed by atoms with Crippen molar-refractivity contribution < 1.29 is 13.2 Å². The predicted octanol–water partition coefficient (Wildman–Crippen LogP) is 2.04. The summed E-state index contributed by atoms with van der Waals surface area (Å²) in [6.07, 6.45) is 2.27. The largest absolute Gasteiger partial charge is 0.430 e. The number of likely N-dealkylation sites (tertiary alicyclic amines) is 1. The number of nitrogens with zero attached hydrogens (tertiary/aromatic N) is 2. The number of thiocarbonyl (C=S) groups is 1. The summed E-state index contributed by atoms with van der Waals surface area (Å²) in [5, 5.41) is 6.77. The maximum absolute atomic E-state index is 12.4. The van der Waals surface area contributed by atoms with Crippen molar-refractivity contribution in [1.82, 2.24) is 15.2 Å². The van der Waals surface area contributed by atoms with Crippen molar-refractivity contribution in [3.63, 3.8) is 0 Å². The Morgan fingerprint density at radius 3 is 2.54 bits per heavy atom. The molecule has 1 aromatic rings. The van der Waals surface area contributed by atoms with Gasteiger partial charge in [-0.3, -0.25) is 4.98 Å². The van der Waals surface area contributed by atoms with E-state index in [1.807, 2.05) is 11.0 Å². The predicted molar refractivity (Wildman–Crippen MR) is 98.8 cm³/mol. The smallest absolute Gasteiger partial charge is 0.395 e. The fourth-order valence-electron chi connectivity index (χ4n) is 2.45. The van der Waals surface area contributed by atoms with Gasteiger partial charge in [0.25, 0.3) is 0 Å². The van der Waals surface area contributed by atoms with Gasteiger partial charge in [-0.1, -0.05) is 0 Å². The lowest BCUT2D eigenvalue weighted by atomic mass is 10.1. The number of nitrogens with two attached hydrogens (primary N) is 2. The number of nitrogens with one attached hydrogen (secondary N) is 2. The minimum absolute atomic E-state index is 0.159. The van der Waals surface area contributed by atoms with E-state index in [1.165, 1.54) is 6.08 Å². The molecule has 0 atom stereocenters. The monoisotopic (exact) mass is 386 g/mol. The molecule has 1 fully saturated rings. The molecule has 1 aliphatic rings. The van der Waals surface area contributed by atoms with Crippen LogP contribution in [-0.4, -0.2) is 40.3 Å². The normalized spacial score (nSPS) is 17.1. The van der Waals surface area contributed by atoms with Gasteiger partial charge in [-0.05, 0) is 49.3 Å². The average Bonchev–Trinajstić information content (AvgIpc) is 2.60. The minimum Gasteiger partial charge on any atom is -0.395 e. The van der Waals surface area contributed by atoms with Gasteiger partial charge in [0.1, 0.15) is 5.70 Å². The lowest BCUT2D eigenvalue weighted by Crippen LogP contribution is -2.46. The Balaban J connectivity index is 1.80. The second kappa shape index (κ2) is 8.75. The molecular weight excluding hydrogens is 365 g/mol. The van der Waals surface area contributed by atoms with Crippen molar-refractivity contribution in [2.75, 3.05) is 18.4 Å². The van der Waals surface area contributed by atoms with E-state index >= 15 is 0 Å². The van der Waals surface area contributed by atoms with Crippen LogP contribution in [-0.2, 0) is 0 Å². The molecule has 142 valence electrons. The van der Waals surface area contributed by atoms with E-state index in [0.717, 1.165) is 24.6 Å². The third-order valence-electron chi connectivity index (χ3n) is 3.88. The summed E-state index contributed by atoms with van der Waals surface area (Å²) in [5.74, 6) is 0.256. The van der Waals surface area contributed by atoms with Crippen LogP contribution in [0.15, 0.2) is 48.2 Å². The van der Waals surface area contributed by atoms with Gasteiger partial charge in [0.05, 0.1) is 17.7 Å². The van der Waals surface area contributed by atoms with Crippen LogP contribution in [0.25, 0.3) is 0 Å². The molecule has 0 bridgehead atoms. The van der Waals surface area contributed by atoms with E-state index in [4.69, 9.17) is 23.7 Å². The van der Waals surface area contributed by atoms with Crippen molar-refractivity contribution >= 4 is 23.0 Å². The molecule has 0 aliphatic carbocycles. The molecule has 1 aromatic heterocycles. The molecule has 0 amide bonds. The fraction of sp³-hybridized carbons (Fsp3) is 0.375. The molecule has 2 rings (SSSR count). The number of alkyl halides is 3. The molecule has 10 heteroatoms. The van der Waals surface area contributed by atoms with Crippen LogP contribution in [0.1, 0.15) is 12.8 Å². The van der Waals surface area contributed by atoms with E-state index in [-0.39, 0.29) is 11.9 Å². The highest BCUT2D eigenvalue weighted by Crippen LogP contribution is 2.21. The van der Waals surface area contributed by atoms with E-state index in [2.05, 4.69) is 15.6 Å². The number of piperidine rings is 1. The van der Waals surface area contributed by atoms with Gasteiger partial charge in [0, 0.05) is 25.3 Å². The molecule has 0 radical (unpaired) electrons. The highest BCUT2D eigenvalue weighted by atomic mass is 32.1. The van der Waals surface area contributed by atoms with E-state index in [1.54, 1.807) is 18.5 Å². The topological polar surface area (TPSA) is 92.2 Å². The van der Waals surface area contributed by atoms with Crippen LogP contribution in [0.3, 0.4) is 0 Å². The molecule has 0 spiro atoms. The van der Waals surface area contributed by atoms with Gasteiger partial charge >= 0.3 is 6.18 Å². The number of pyridine rings is 1. The van der Waals surface area contributed by atoms with Crippen molar-refractivity contribution in [2.24, 2.45) is 11.5 Å². The van der Waals surface area contributed by atoms with Crippen LogP contribution < -0.4 is 22.1 Å². The maximum Gasteiger partial charge on any atom is 0.430 e. The summed E-state index contributed by atoms with van der Waals surface area (Å²) in [5.41, 5.74) is 10.4. The first-order chi connectivity index (χ1) is 12.3. The first-order valence-electron chi connectivity index (χ1n) is 7.98. The zero-order valence-electron chi connectivity index (χ0n) is 14.0. The van der Waals surface area contributed by atoms with Gasteiger partial charge in [-0.15, -0.1) is 0 Å². The van der Waals surface area contributed by atoms with Crippen LogP contribution in [0.2, 0.25) is 0 Å². The number of hydrogen-bond donors (Lipinski definition) is 4. The summed E-state index contributed by atoms with van der Waals surface area (Å²) >= 11 is 5.28. The number of halogens is 3. The quantitative estimate of drug-likeness (QED) is 0.465. The Bertz CT molecular complexity index is 666. The molecule has 0 saturated carbocycles. The Hall–Kier alpha value is -2.49. The molecule has 0 unspecified atom stereocenters. The summed E-state index contributed by atoms with van der Waals surface area (Å²) in [4.78, 5) is 5.81. The molecule has 1 aliphatic heterocycles. The van der Waals surface area contributed by atoms with Crippen molar-refractivity contribution in [3.8, 4) is 0 Å². The number of allylic oxidation sites excluding steroid dienone is 3. The van der Waals surface area contributed by atoms with Crippen molar-refractivity contribution in [3.05, 3.63) is 48.2 Å². The van der Waals surface area contributed by atoms with Crippen LogP contribution in [0, 0.1) is 0 Å². The molecule has 1 saturated heterocycles. The van der Waals surface area contributed by atoms with Gasteiger partial charge in [-0.2, -0.15) is 13.2 Å². The lowest BCUT2D eigenvalue weighted by molar-refractivity contribution is -0.0926. The molecule has 6 nitrogen and oxygen atoms in total. The second-order valence-corrected chi connectivity index (χ2v) is 6.22. The fourth-order valence-corrected chi connectivity index (χ4v) is 2.73. The van der Waals surface area contributed by atoms with Gasteiger partial charge < -0.3 is 27.0 Å². The maximum atomic E-state index is 12.4. The molecular formula is C16H21F3N6S. The Labute approximate surface area is 155 Å². The number of aromatic nitrogens is 1. The Morgan fingerprint density at radius 2 is 1.96 bits per heavy atom. The zero-order valence-corrected chi connectivity index (χ0v) is 14.8. The lowest BCUT2D eigenvalue weighted by Gasteiger charge is -2.34.